The van der Waals surface area contributed by atoms with Gasteiger partial charge in [0.25, 0.3) is 0 Å². The third-order valence-electron chi connectivity index (χ3n) is 1.42. The van der Waals surface area contributed by atoms with Crippen LogP contribution in [0.25, 0.3) is 0 Å². The van der Waals surface area contributed by atoms with Crippen molar-refractivity contribution < 1.29 is 4.79 Å². The molecule has 0 amide bonds. The molecule has 70 valence electrons. The zero-order valence-electron chi connectivity index (χ0n) is 7.77. The van der Waals surface area contributed by atoms with Gasteiger partial charge in [-0.25, -0.2) is 0 Å². The summed E-state index contributed by atoms with van der Waals surface area (Å²) in [5.74, 6) is 0.475. The molecule has 13 heavy (non-hydrogen) atoms. The van der Waals surface area contributed by atoms with E-state index in [1.165, 1.54) is 4.80 Å². The summed E-state index contributed by atoms with van der Waals surface area (Å²) in [6.07, 6.45) is 4.46. The lowest BCUT2D eigenvalue weighted by Gasteiger charge is -1.87. The number of carbonyl (C=O) groups excluding carboxylic acids is 1. The van der Waals surface area contributed by atoms with E-state index >= 15 is 0 Å². The van der Waals surface area contributed by atoms with Gasteiger partial charge in [-0.05, 0) is 17.7 Å². The molecule has 1 rings (SSSR count). The highest BCUT2D eigenvalue weighted by Crippen LogP contribution is 1.91. The fraction of sp³-hybridized carbons (Fsp3) is 0.500. The molecular weight excluding hydrogens is 168 g/mol. The predicted molar refractivity (Wildman–Crippen MR) is 46.9 cm³/mol. The van der Waals surface area contributed by atoms with Crippen LogP contribution in [0, 0.1) is 0 Å². The molecule has 0 radical (unpaired) electrons. The van der Waals surface area contributed by atoms with E-state index in [1.54, 1.807) is 13.1 Å². The van der Waals surface area contributed by atoms with Crippen LogP contribution in [0.5, 0.6) is 0 Å². The molecule has 0 aromatic carbocycles. The lowest BCUT2D eigenvalue weighted by molar-refractivity contribution is -0.114. The summed E-state index contributed by atoms with van der Waals surface area (Å²) < 4.78 is 0. The van der Waals surface area contributed by atoms with Gasteiger partial charge in [0.05, 0.1) is 13.5 Å². The minimum Gasteiger partial charge on any atom is -0.294 e. The number of nitrogens with zero attached hydrogens (tertiary/aromatic N) is 4. The minimum absolute atomic E-state index is 0.00912. The topological polar surface area (TPSA) is 60.7 Å². The van der Waals surface area contributed by atoms with E-state index in [-0.39, 0.29) is 12.2 Å². The Morgan fingerprint density at radius 2 is 2.38 bits per heavy atom. The second-order valence-corrected chi connectivity index (χ2v) is 2.65. The van der Waals surface area contributed by atoms with Crippen molar-refractivity contribution in [2.24, 2.45) is 7.05 Å². The van der Waals surface area contributed by atoms with E-state index in [0.717, 1.165) is 6.42 Å². The fourth-order valence-electron chi connectivity index (χ4n) is 0.858. The molecule has 1 aromatic heterocycles. The second kappa shape index (κ2) is 4.49. The predicted octanol–water partition coefficient (Wildman–Crippen LogP) is 0.288. The average Bonchev–Trinajstić information content (AvgIpc) is 2.48. The summed E-state index contributed by atoms with van der Waals surface area (Å²) in [5.41, 5.74) is 0. The quantitative estimate of drug-likeness (QED) is 0.625. The number of aromatic nitrogens is 4. The molecule has 1 aromatic rings. The lowest BCUT2D eigenvalue weighted by Crippen LogP contribution is -2.01. The highest BCUT2D eigenvalue weighted by Gasteiger charge is 2.04. The Bertz CT molecular complexity index is 316. The largest absolute Gasteiger partial charge is 0.294 e. The Hall–Kier alpha value is -1.52. The zero-order valence-corrected chi connectivity index (χ0v) is 7.77. The van der Waals surface area contributed by atoms with E-state index in [4.69, 9.17) is 0 Å². The van der Waals surface area contributed by atoms with Crippen LogP contribution in [-0.2, 0) is 18.3 Å². The molecule has 0 bridgehead atoms. The highest BCUT2D eigenvalue weighted by molar-refractivity contribution is 5.90. The number of carbonyl (C=O) groups is 1. The van der Waals surface area contributed by atoms with Crippen LogP contribution in [0.1, 0.15) is 19.2 Å². The molecule has 5 heteroatoms. The number of tetrazole rings is 1. The molecule has 0 N–H and O–H groups in total. The molecule has 0 aliphatic carbocycles. The Balaban J connectivity index is 2.50. The number of rotatable bonds is 4. The number of allylic oxidation sites excluding steroid dienone is 2. The Morgan fingerprint density at radius 1 is 1.62 bits per heavy atom. The van der Waals surface area contributed by atoms with Crippen LogP contribution in [0.2, 0.25) is 0 Å². The smallest absolute Gasteiger partial charge is 0.182 e. The standard InChI is InChI=1S/C8H12N4O/c1-3-4-5-7(13)6-8-9-11-12(2)10-8/h4-5H,3,6H2,1-2H3/b5-4+. The monoisotopic (exact) mass is 180 g/mol. The van der Waals surface area contributed by atoms with Gasteiger partial charge in [-0.1, -0.05) is 13.0 Å². The summed E-state index contributed by atoms with van der Waals surface area (Å²) in [6.45, 7) is 1.98. The molecule has 0 saturated heterocycles. The zero-order chi connectivity index (χ0) is 9.68. The van der Waals surface area contributed by atoms with E-state index in [9.17, 15) is 4.79 Å². The summed E-state index contributed by atoms with van der Waals surface area (Å²) in [7, 11) is 1.67. The number of hydrogen-bond acceptors (Lipinski definition) is 4. The van der Waals surface area contributed by atoms with Crippen LogP contribution < -0.4 is 0 Å². The molecule has 0 saturated carbocycles. The average molecular weight is 180 g/mol. The third kappa shape index (κ3) is 3.14. The van der Waals surface area contributed by atoms with Gasteiger partial charge in [0.2, 0.25) is 0 Å². The van der Waals surface area contributed by atoms with E-state index < -0.39 is 0 Å². The molecule has 0 fully saturated rings. The molecule has 0 spiro atoms. The van der Waals surface area contributed by atoms with E-state index in [1.807, 2.05) is 13.0 Å². The molecule has 0 unspecified atom stereocenters. The molecular formula is C8H12N4O. The summed E-state index contributed by atoms with van der Waals surface area (Å²) >= 11 is 0. The van der Waals surface area contributed by atoms with Gasteiger partial charge in [0.15, 0.2) is 11.6 Å². The van der Waals surface area contributed by atoms with Gasteiger partial charge in [-0.3, -0.25) is 4.79 Å². The number of ketones is 1. The Labute approximate surface area is 76.4 Å². The summed E-state index contributed by atoms with van der Waals surface area (Å²) in [6, 6.07) is 0. The van der Waals surface area contributed by atoms with Crippen LogP contribution in [0.4, 0.5) is 0 Å². The molecule has 5 nitrogen and oxygen atoms in total. The first kappa shape index (κ1) is 9.57. The van der Waals surface area contributed by atoms with Crippen molar-refractivity contribution in [3.8, 4) is 0 Å². The van der Waals surface area contributed by atoms with Gasteiger partial charge in [0.1, 0.15) is 0 Å². The van der Waals surface area contributed by atoms with Crippen molar-refractivity contribution in [2.75, 3.05) is 0 Å². The molecule has 1 heterocycles. The van der Waals surface area contributed by atoms with E-state index in [2.05, 4.69) is 15.4 Å². The number of aryl methyl sites for hydroxylation is 1. The van der Waals surface area contributed by atoms with Crippen molar-refractivity contribution >= 4 is 5.78 Å². The van der Waals surface area contributed by atoms with Gasteiger partial charge in [0, 0.05) is 0 Å². The summed E-state index contributed by atoms with van der Waals surface area (Å²) in [5, 5.41) is 11.2. The minimum atomic E-state index is 0.00912. The SMILES string of the molecule is CC/C=C/C(=O)Cc1nnn(C)n1. The summed E-state index contributed by atoms with van der Waals surface area (Å²) in [4.78, 5) is 12.5. The van der Waals surface area contributed by atoms with Crippen LogP contribution >= 0.6 is 0 Å². The van der Waals surface area contributed by atoms with E-state index in [0.29, 0.717) is 5.82 Å². The van der Waals surface area contributed by atoms with Gasteiger partial charge in [-0.2, -0.15) is 4.80 Å². The van der Waals surface area contributed by atoms with Gasteiger partial charge in [-0.15, -0.1) is 10.2 Å². The number of hydrogen-bond donors (Lipinski definition) is 0. The van der Waals surface area contributed by atoms with Crippen LogP contribution in [0.3, 0.4) is 0 Å². The Kier molecular flexibility index (Phi) is 3.31. The van der Waals surface area contributed by atoms with Crippen molar-refractivity contribution in [3.05, 3.63) is 18.0 Å². The van der Waals surface area contributed by atoms with Crippen molar-refractivity contribution in [2.45, 2.75) is 19.8 Å². The van der Waals surface area contributed by atoms with Crippen LogP contribution in [-0.4, -0.2) is 26.0 Å². The van der Waals surface area contributed by atoms with Gasteiger partial charge >= 0.3 is 0 Å². The highest BCUT2D eigenvalue weighted by atomic mass is 16.1. The Morgan fingerprint density at radius 3 is 2.92 bits per heavy atom. The molecule has 0 aliphatic heterocycles. The van der Waals surface area contributed by atoms with Gasteiger partial charge < -0.3 is 0 Å². The third-order valence-corrected chi connectivity index (χ3v) is 1.42. The van der Waals surface area contributed by atoms with Crippen molar-refractivity contribution in [3.63, 3.8) is 0 Å². The first-order chi connectivity index (χ1) is 6.22. The first-order valence-corrected chi connectivity index (χ1v) is 4.14. The normalized spacial score (nSPS) is 10.9. The maximum absolute atomic E-state index is 11.2. The molecule has 0 atom stereocenters. The van der Waals surface area contributed by atoms with Crippen LogP contribution in [0.15, 0.2) is 12.2 Å². The maximum Gasteiger partial charge on any atom is 0.182 e. The maximum atomic E-state index is 11.2. The molecule has 0 aliphatic rings. The fourth-order valence-corrected chi connectivity index (χ4v) is 0.858. The second-order valence-electron chi connectivity index (χ2n) is 2.65. The van der Waals surface area contributed by atoms with Crippen molar-refractivity contribution in [1.29, 1.82) is 0 Å². The first-order valence-electron chi connectivity index (χ1n) is 4.14. The lowest BCUT2D eigenvalue weighted by atomic mass is 10.2. The van der Waals surface area contributed by atoms with Crippen molar-refractivity contribution in [1.82, 2.24) is 20.2 Å².